The third kappa shape index (κ3) is 6.65. The average Bonchev–Trinajstić information content (AvgIpc) is 3.46. The van der Waals surface area contributed by atoms with Gasteiger partial charge in [0.05, 0.1) is 17.9 Å². The van der Waals surface area contributed by atoms with Crippen molar-refractivity contribution in [1.29, 1.82) is 0 Å². The highest BCUT2D eigenvalue weighted by atomic mass is 32.2. The number of carbonyl (C=O) groups is 2. The second-order valence-corrected chi connectivity index (χ2v) is 10.1. The number of amides is 1. The van der Waals surface area contributed by atoms with Gasteiger partial charge in [0.2, 0.25) is 5.91 Å². The molecule has 0 atom stereocenters. The predicted molar refractivity (Wildman–Crippen MR) is 126 cm³/mol. The van der Waals surface area contributed by atoms with Gasteiger partial charge in [-0.2, -0.15) is 0 Å². The Morgan fingerprint density at radius 2 is 2.16 bits per heavy atom. The molecule has 0 aliphatic carbocycles. The molecule has 0 spiro atoms. The molecule has 0 unspecified atom stereocenters. The van der Waals surface area contributed by atoms with Crippen LogP contribution in [0.25, 0.3) is 0 Å². The predicted octanol–water partition coefficient (Wildman–Crippen LogP) is 4.75. The summed E-state index contributed by atoms with van der Waals surface area (Å²) in [6.07, 6.45) is 3.33. The molecule has 0 aliphatic heterocycles. The second-order valence-electron chi connectivity index (χ2n) is 7.26. The minimum atomic E-state index is -0.393. The van der Waals surface area contributed by atoms with E-state index in [0.717, 1.165) is 24.9 Å². The van der Waals surface area contributed by atoms with Gasteiger partial charge in [0.25, 0.3) is 0 Å². The van der Waals surface area contributed by atoms with Crippen molar-refractivity contribution in [3.05, 3.63) is 45.2 Å². The maximum absolute atomic E-state index is 12.6. The molecule has 0 fully saturated rings. The smallest absolute Gasteiger partial charge is 0.341 e. The lowest BCUT2D eigenvalue weighted by atomic mass is 10.0. The number of ether oxygens (including phenoxy) is 1. The van der Waals surface area contributed by atoms with Gasteiger partial charge in [0, 0.05) is 11.4 Å². The number of esters is 1. The highest BCUT2D eigenvalue weighted by molar-refractivity contribution is 7.99. The lowest BCUT2D eigenvalue weighted by Crippen LogP contribution is -2.17. The Hall–Kier alpha value is -2.17. The third-order valence-corrected chi connectivity index (χ3v) is 7.18. The summed E-state index contributed by atoms with van der Waals surface area (Å²) >= 11 is 4.41. The first-order chi connectivity index (χ1) is 15.0. The zero-order valence-corrected chi connectivity index (χ0v) is 20.2. The first kappa shape index (κ1) is 23.5. The van der Waals surface area contributed by atoms with Gasteiger partial charge in [-0.15, -0.1) is 32.9 Å². The molecular formula is C21H26N4O3S3. The normalized spacial score (nSPS) is 11.1. The van der Waals surface area contributed by atoms with Crippen molar-refractivity contribution in [3.8, 4) is 0 Å². The third-order valence-electron chi connectivity index (χ3n) is 4.32. The number of nitrogens with zero attached hydrogens (tertiary/aromatic N) is 3. The Kier molecular flexibility index (Phi) is 8.68. The van der Waals surface area contributed by atoms with Crippen LogP contribution in [0.15, 0.2) is 34.4 Å². The van der Waals surface area contributed by atoms with Crippen LogP contribution in [0.5, 0.6) is 0 Å². The number of anilines is 1. The first-order valence-electron chi connectivity index (χ1n) is 10.1. The summed E-state index contributed by atoms with van der Waals surface area (Å²) in [5.41, 5.74) is 1.38. The maximum Gasteiger partial charge on any atom is 0.341 e. The molecule has 0 aromatic carbocycles. The van der Waals surface area contributed by atoms with Crippen molar-refractivity contribution in [3.63, 3.8) is 0 Å². The van der Waals surface area contributed by atoms with Crippen molar-refractivity contribution in [2.75, 3.05) is 17.7 Å². The monoisotopic (exact) mass is 478 g/mol. The average molecular weight is 479 g/mol. The molecule has 3 aromatic rings. The van der Waals surface area contributed by atoms with Crippen LogP contribution in [0, 0.1) is 5.92 Å². The van der Waals surface area contributed by atoms with E-state index in [0.29, 0.717) is 28.2 Å². The lowest BCUT2D eigenvalue weighted by molar-refractivity contribution is -0.113. The Balaban J connectivity index is 1.61. The van der Waals surface area contributed by atoms with Gasteiger partial charge in [-0.25, -0.2) is 4.79 Å². The Morgan fingerprint density at radius 1 is 1.32 bits per heavy atom. The SMILES string of the molecule is CCOC(=O)c1c(CC(C)C)csc1NC(=O)CSc1nncn1CCc1cccs1. The van der Waals surface area contributed by atoms with E-state index in [-0.39, 0.29) is 11.7 Å². The number of aryl methyl sites for hydroxylation is 2. The summed E-state index contributed by atoms with van der Waals surface area (Å²) in [7, 11) is 0. The number of aromatic nitrogens is 3. The summed E-state index contributed by atoms with van der Waals surface area (Å²) in [4.78, 5) is 26.4. The Morgan fingerprint density at radius 3 is 2.87 bits per heavy atom. The fourth-order valence-corrected chi connectivity index (χ4v) is 5.41. The number of thiophene rings is 2. The van der Waals surface area contributed by atoms with Gasteiger partial charge < -0.3 is 14.6 Å². The van der Waals surface area contributed by atoms with E-state index in [9.17, 15) is 9.59 Å². The molecule has 3 heterocycles. The fraction of sp³-hybridized carbons (Fsp3) is 0.429. The topological polar surface area (TPSA) is 86.1 Å². The molecule has 31 heavy (non-hydrogen) atoms. The van der Waals surface area contributed by atoms with E-state index < -0.39 is 5.97 Å². The number of carbonyl (C=O) groups excluding carboxylic acids is 2. The van der Waals surface area contributed by atoms with Crippen molar-refractivity contribution >= 4 is 51.3 Å². The molecule has 166 valence electrons. The molecule has 3 aromatic heterocycles. The largest absolute Gasteiger partial charge is 0.462 e. The zero-order valence-electron chi connectivity index (χ0n) is 17.8. The molecule has 3 rings (SSSR count). The van der Waals surface area contributed by atoms with Crippen LogP contribution in [-0.4, -0.2) is 39.0 Å². The van der Waals surface area contributed by atoms with Crippen LogP contribution in [-0.2, 0) is 28.9 Å². The number of rotatable bonds is 11. The van der Waals surface area contributed by atoms with E-state index in [1.54, 1.807) is 24.6 Å². The van der Waals surface area contributed by atoms with Crippen LogP contribution in [0.2, 0.25) is 0 Å². The second kappa shape index (κ2) is 11.4. The number of hydrogen-bond acceptors (Lipinski definition) is 8. The van der Waals surface area contributed by atoms with Gasteiger partial charge in [0.15, 0.2) is 5.16 Å². The highest BCUT2D eigenvalue weighted by Gasteiger charge is 2.22. The maximum atomic E-state index is 12.6. The minimum absolute atomic E-state index is 0.178. The number of hydrogen-bond donors (Lipinski definition) is 1. The molecule has 1 N–H and O–H groups in total. The van der Waals surface area contributed by atoms with Gasteiger partial charge in [-0.05, 0) is 48.1 Å². The van der Waals surface area contributed by atoms with Crippen molar-refractivity contribution < 1.29 is 14.3 Å². The Bertz CT molecular complexity index is 996. The molecular weight excluding hydrogens is 452 g/mol. The van der Waals surface area contributed by atoms with Crippen molar-refractivity contribution in [2.24, 2.45) is 5.92 Å². The van der Waals surface area contributed by atoms with Gasteiger partial charge in [0.1, 0.15) is 11.3 Å². The van der Waals surface area contributed by atoms with Crippen molar-refractivity contribution in [2.45, 2.75) is 45.3 Å². The summed E-state index contributed by atoms with van der Waals surface area (Å²) in [6.45, 7) is 7.01. The number of thioether (sulfide) groups is 1. The summed E-state index contributed by atoms with van der Waals surface area (Å²) in [6, 6.07) is 4.14. The molecule has 0 radical (unpaired) electrons. The van der Waals surface area contributed by atoms with E-state index in [1.165, 1.54) is 28.0 Å². The summed E-state index contributed by atoms with van der Waals surface area (Å²) in [5.74, 6) is -0.0171. The van der Waals surface area contributed by atoms with Crippen LogP contribution in [0.4, 0.5) is 5.00 Å². The van der Waals surface area contributed by atoms with Gasteiger partial charge >= 0.3 is 5.97 Å². The van der Waals surface area contributed by atoms with E-state index in [2.05, 4.69) is 40.8 Å². The molecule has 0 aliphatic rings. The van der Waals surface area contributed by atoms with Gasteiger partial charge in [-0.1, -0.05) is 31.7 Å². The lowest BCUT2D eigenvalue weighted by Gasteiger charge is -2.10. The van der Waals surface area contributed by atoms with E-state index >= 15 is 0 Å². The highest BCUT2D eigenvalue weighted by Crippen LogP contribution is 2.31. The molecule has 0 bridgehead atoms. The molecule has 0 saturated heterocycles. The summed E-state index contributed by atoms with van der Waals surface area (Å²) in [5, 5.41) is 16.2. The Labute approximate surface area is 194 Å². The molecule has 7 nitrogen and oxygen atoms in total. The molecule has 1 amide bonds. The molecule has 0 saturated carbocycles. The fourth-order valence-electron chi connectivity index (χ4n) is 2.99. The minimum Gasteiger partial charge on any atom is -0.462 e. The summed E-state index contributed by atoms with van der Waals surface area (Å²) < 4.78 is 7.17. The molecule has 10 heteroatoms. The van der Waals surface area contributed by atoms with Crippen LogP contribution in [0.3, 0.4) is 0 Å². The van der Waals surface area contributed by atoms with Crippen LogP contribution in [0.1, 0.15) is 41.6 Å². The first-order valence-corrected chi connectivity index (χ1v) is 12.8. The zero-order chi connectivity index (χ0) is 22.2. The van der Waals surface area contributed by atoms with E-state index in [4.69, 9.17) is 4.74 Å². The standard InChI is InChI=1S/C21H26N4O3S3/c1-4-28-20(27)18-15(10-14(2)3)11-30-19(18)23-17(26)12-31-21-24-22-13-25(21)8-7-16-6-5-9-29-16/h5-6,9,11,13-14H,4,7-8,10,12H2,1-3H3,(H,23,26). The number of nitrogens with one attached hydrogen (secondary N) is 1. The van der Waals surface area contributed by atoms with Crippen LogP contribution < -0.4 is 5.32 Å². The van der Waals surface area contributed by atoms with Crippen LogP contribution >= 0.6 is 34.4 Å². The quantitative estimate of drug-likeness (QED) is 0.316. The van der Waals surface area contributed by atoms with E-state index in [1.807, 2.05) is 16.0 Å². The van der Waals surface area contributed by atoms with Crippen molar-refractivity contribution in [1.82, 2.24) is 14.8 Å². The van der Waals surface area contributed by atoms with Gasteiger partial charge in [-0.3, -0.25) is 4.79 Å².